The number of rotatable bonds is 7. The van der Waals surface area contributed by atoms with Gasteiger partial charge in [-0.05, 0) is 12.8 Å². The van der Waals surface area contributed by atoms with Crippen LogP contribution in [-0.2, 0) is 14.3 Å². The maximum atomic E-state index is 11.9. The summed E-state index contributed by atoms with van der Waals surface area (Å²) in [5, 5.41) is 0. The molecule has 0 aromatic rings. The molecule has 0 heterocycles. The van der Waals surface area contributed by atoms with Gasteiger partial charge in [-0.1, -0.05) is 20.3 Å². The van der Waals surface area contributed by atoms with E-state index in [9.17, 15) is 9.59 Å². The van der Waals surface area contributed by atoms with Crippen molar-refractivity contribution in [3.8, 4) is 0 Å². The molecule has 0 aliphatic carbocycles. The second-order valence-electron chi connectivity index (χ2n) is 3.73. The van der Waals surface area contributed by atoms with Gasteiger partial charge >= 0.3 is 5.97 Å². The number of carbonyl (C=O) groups is 2. The van der Waals surface area contributed by atoms with Crippen molar-refractivity contribution < 1.29 is 14.3 Å². The monoisotopic (exact) mass is 230 g/mol. The summed E-state index contributed by atoms with van der Waals surface area (Å²) in [7, 11) is 1.31. The van der Waals surface area contributed by atoms with Crippen molar-refractivity contribution in [1.29, 1.82) is 0 Å². The molecule has 94 valence electrons. The van der Waals surface area contributed by atoms with Gasteiger partial charge in [0.1, 0.15) is 6.54 Å². The number of carbonyl (C=O) groups excluding carboxylic acids is 2. The largest absolute Gasteiger partial charge is 0.468 e. The van der Waals surface area contributed by atoms with Crippen LogP contribution in [0.1, 0.15) is 33.1 Å². The number of nitrogens with two attached hydrogens (primary N) is 1. The van der Waals surface area contributed by atoms with Crippen molar-refractivity contribution in [2.45, 2.75) is 39.2 Å². The number of ether oxygens (including phenoxy) is 1. The van der Waals surface area contributed by atoms with Gasteiger partial charge in [-0.2, -0.15) is 0 Å². The summed E-state index contributed by atoms with van der Waals surface area (Å²) < 4.78 is 4.54. The number of methoxy groups -OCH3 is 1. The summed E-state index contributed by atoms with van der Waals surface area (Å²) in [5.74, 6) is -0.584. The maximum absolute atomic E-state index is 11.9. The molecule has 0 saturated carbocycles. The number of amides is 1. The Kier molecular flexibility index (Phi) is 7.54. The van der Waals surface area contributed by atoms with Gasteiger partial charge in [-0.3, -0.25) is 9.59 Å². The SMILES string of the molecule is CCC[C@@H](N)C(=O)N(CCC)CC(=O)OC. The highest BCUT2D eigenvalue weighted by molar-refractivity contribution is 5.85. The van der Waals surface area contributed by atoms with Crippen LogP contribution in [0.15, 0.2) is 0 Å². The molecular weight excluding hydrogens is 208 g/mol. The molecule has 1 atom stereocenters. The van der Waals surface area contributed by atoms with E-state index < -0.39 is 12.0 Å². The number of hydrogen-bond donors (Lipinski definition) is 1. The average Bonchev–Trinajstić information content (AvgIpc) is 2.27. The summed E-state index contributed by atoms with van der Waals surface area (Å²) in [5.41, 5.74) is 5.73. The standard InChI is InChI=1S/C11H22N2O3/c1-4-6-9(12)11(15)13(7-5-2)8-10(14)16-3/h9H,4-8,12H2,1-3H3/t9-/m1/s1. The molecule has 0 fully saturated rings. The minimum absolute atomic E-state index is 0.0133. The number of esters is 1. The molecule has 5 nitrogen and oxygen atoms in total. The van der Waals surface area contributed by atoms with Gasteiger partial charge in [0.15, 0.2) is 0 Å². The average molecular weight is 230 g/mol. The zero-order valence-corrected chi connectivity index (χ0v) is 10.4. The van der Waals surface area contributed by atoms with Crippen LogP contribution in [0, 0.1) is 0 Å². The van der Waals surface area contributed by atoms with E-state index in [1.807, 2.05) is 13.8 Å². The van der Waals surface area contributed by atoms with Gasteiger partial charge in [-0.15, -0.1) is 0 Å². The lowest BCUT2D eigenvalue weighted by molar-refractivity contribution is -0.147. The van der Waals surface area contributed by atoms with E-state index in [1.165, 1.54) is 12.0 Å². The fourth-order valence-corrected chi connectivity index (χ4v) is 1.43. The third-order valence-electron chi connectivity index (χ3n) is 2.27. The molecule has 0 aliphatic rings. The van der Waals surface area contributed by atoms with Crippen molar-refractivity contribution in [3.63, 3.8) is 0 Å². The number of nitrogens with zero attached hydrogens (tertiary/aromatic N) is 1. The minimum atomic E-state index is -0.513. The Balaban J connectivity index is 4.38. The van der Waals surface area contributed by atoms with Crippen LogP contribution in [0.4, 0.5) is 0 Å². The minimum Gasteiger partial charge on any atom is -0.468 e. The lowest BCUT2D eigenvalue weighted by Gasteiger charge is -2.23. The highest BCUT2D eigenvalue weighted by Crippen LogP contribution is 2.01. The summed E-state index contributed by atoms with van der Waals surface area (Å²) in [6, 6.07) is -0.513. The Hall–Kier alpha value is -1.10. The molecule has 0 unspecified atom stereocenters. The maximum Gasteiger partial charge on any atom is 0.325 e. The van der Waals surface area contributed by atoms with Gasteiger partial charge in [0.25, 0.3) is 0 Å². The molecule has 2 N–H and O–H groups in total. The van der Waals surface area contributed by atoms with Crippen molar-refractivity contribution in [3.05, 3.63) is 0 Å². The van der Waals surface area contributed by atoms with E-state index in [0.717, 1.165) is 12.8 Å². The quantitative estimate of drug-likeness (QED) is 0.647. The smallest absolute Gasteiger partial charge is 0.325 e. The lowest BCUT2D eigenvalue weighted by atomic mass is 10.1. The molecule has 0 aromatic heterocycles. The Bertz CT molecular complexity index is 231. The van der Waals surface area contributed by atoms with Crippen molar-refractivity contribution in [1.82, 2.24) is 4.90 Å². The van der Waals surface area contributed by atoms with E-state index in [0.29, 0.717) is 13.0 Å². The zero-order valence-electron chi connectivity index (χ0n) is 10.4. The van der Waals surface area contributed by atoms with Crippen LogP contribution in [-0.4, -0.2) is 43.0 Å². The van der Waals surface area contributed by atoms with Gasteiger partial charge < -0.3 is 15.4 Å². The predicted molar refractivity (Wildman–Crippen MR) is 61.8 cm³/mol. The van der Waals surface area contributed by atoms with Crippen LogP contribution in [0.3, 0.4) is 0 Å². The second kappa shape index (κ2) is 8.10. The van der Waals surface area contributed by atoms with Crippen molar-refractivity contribution in [2.24, 2.45) is 5.73 Å². The highest BCUT2D eigenvalue weighted by Gasteiger charge is 2.21. The Labute approximate surface area is 96.9 Å². The molecule has 16 heavy (non-hydrogen) atoms. The van der Waals surface area contributed by atoms with Gasteiger partial charge in [0.2, 0.25) is 5.91 Å². The first-order valence-corrected chi connectivity index (χ1v) is 5.67. The first kappa shape index (κ1) is 14.9. The molecule has 0 spiro atoms. The second-order valence-corrected chi connectivity index (χ2v) is 3.73. The van der Waals surface area contributed by atoms with Crippen LogP contribution in [0.5, 0.6) is 0 Å². The summed E-state index contributed by atoms with van der Waals surface area (Å²) in [6.07, 6.45) is 2.28. The normalized spacial score (nSPS) is 12.0. The Morgan fingerprint density at radius 3 is 2.38 bits per heavy atom. The summed E-state index contributed by atoms with van der Waals surface area (Å²) in [4.78, 5) is 24.5. The fraction of sp³-hybridized carbons (Fsp3) is 0.818. The molecule has 0 bridgehead atoms. The van der Waals surface area contributed by atoms with Gasteiger partial charge in [0.05, 0.1) is 13.2 Å². The van der Waals surface area contributed by atoms with E-state index in [2.05, 4.69) is 4.74 Å². The van der Waals surface area contributed by atoms with E-state index >= 15 is 0 Å². The molecule has 0 aromatic carbocycles. The Morgan fingerprint density at radius 2 is 1.94 bits per heavy atom. The van der Waals surface area contributed by atoms with Crippen LogP contribution in [0.25, 0.3) is 0 Å². The third kappa shape index (κ3) is 5.11. The Morgan fingerprint density at radius 1 is 1.31 bits per heavy atom. The highest BCUT2D eigenvalue weighted by atomic mass is 16.5. The fourth-order valence-electron chi connectivity index (χ4n) is 1.43. The van der Waals surface area contributed by atoms with Gasteiger partial charge in [0, 0.05) is 6.54 Å². The molecule has 0 saturated heterocycles. The van der Waals surface area contributed by atoms with E-state index in [1.54, 1.807) is 0 Å². The zero-order chi connectivity index (χ0) is 12.6. The van der Waals surface area contributed by atoms with Crippen LogP contribution in [0.2, 0.25) is 0 Å². The molecule has 0 aliphatic heterocycles. The first-order valence-electron chi connectivity index (χ1n) is 5.67. The molecule has 1 amide bonds. The lowest BCUT2D eigenvalue weighted by Crippen LogP contribution is -2.46. The molecular formula is C11H22N2O3. The van der Waals surface area contributed by atoms with Crippen LogP contribution < -0.4 is 5.73 Å². The molecule has 0 radical (unpaired) electrons. The summed E-state index contributed by atoms with van der Waals surface area (Å²) >= 11 is 0. The topological polar surface area (TPSA) is 72.6 Å². The summed E-state index contributed by atoms with van der Waals surface area (Å²) in [6.45, 7) is 4.44. The van der Waals surface area contributed by atoms with E-state index in [-0.39, 0.29) is 12.5 Å². The number of hydrogen-bond acceptors (Lipinski definition) is 4. The van der Waals surface area contributed by atoms with E-state index in [4.69, 9.17) is 5.73 Å². The molecule has 5 heteroatoms. The van der Waals surface area contributed by atoms with Crippen LogP contribution >= 0.6 is 0 Å². The van der Waals surface area contributed by atoms with Gasteiger partial charge in [-0.25, -0.2) is 0 Å². The third-order valence-corrected chi connectivity index (χ3v) is 2.27. The van der Waals surface area contributed by atoms with Crippen molar-refractivity contribution >= 4 is 11.9 Å². The molecule has 0 rings (SSSR count). The first-order chi connectivity index (χ1) is 7.56. The van der Waals surface area contributed by atoms with Crippen molar-refractivity contribution in [2.75, 3.05) is 20.2 Å². The predicted octanol–water partition coefficient (Wildman–Crippen LogP) is 0.525.